The lowest BCUT2D eigenvalue weighted by Gasteiger charge is -2.30. The molecule has 1 atom stereocenters. The van der Waals surface area contributed by atoms with E-state index < -0.39 is 0 Å². The molecule has 0 radical (unpaired) electrons. The molecule has 5 heteroatoms. The van der Waals surface area contributed by atoms with Gasteiger partial charge in [0.1, 0.15) is 0 Å². The van der Waals surface area contributed by atoms with Crippen molar-refractivity contribution in [3.8, 4) is 0 Å². The Bertz CT molecular complexity index is 393. The van der Waals surface area contributed by atoms with Gasteiger partial charge in [-0.3, -0.25) is 9.89 Å². The first kappa shape index (κ1) is 11.7. The maximum Gasteiger partial charge on any atom is 0.257 e. The molecule has 98 valence electrons. The van der Waals surface area contributed by atoms with Gasteiger partial charge in [-0.25, -0.2) is 0 Å². The summed E-state index contributed by atoms with van der Waals surface area (Å²) in [6.07, 6.45) is 8.08. The largest absolute Gasteiger partial charge is 0.335 e. The summed E-state index contributed by atoms with van der Waals surface area (Å²) in [6, 6.07) is 0.467. The lowest BCUT2D eigenvalue weighted by molar-refractivity contribution is 0.0704. The zero-order chi connectivity index (χ0) is 12.4. The van der Waals surface area contributed by atoms with Crippen LogP contribution in [0.25, 0.3) is 0 Å². The number of aromatic amines is 1. The molecule has 1 aromatic rings. The van der Waals surface area contributed by atoms with Crippen molar-refractivity contribution < 1.29 is 4.79 Å². The van der Waals surface area contributed by atoms with Crippen LogP contribution in [0.2, 0.25) is 0 Å². The molecule has 2 heterocycles. The van der Waals surface area contributed by atoms with Crippen molar-refractivity contribution in [1.82, 2.24) is 20.4 Å². The summed E-state index contributed by atoms with van der Waals surface area (Å²) in [6.45, 7) is 3.05. The van der Waals surface area contributed by atoms with Gasteiger partial charge >= 0.3 is 0 Å². The van der Waals surface area contributed by atoms with Gasteiger partial charge in [0.15, 0.2) is 0 Å². The Hall–Kier alpha value is -1.36. The third-order valence-corrected chi connectivity index (χ3v) is 3.85. The van der Waals surface area contributed by atoms with Crippen molar-refractivity contribution in [2.24, 2.45) is 5.92 Å². The molecule has 0 bridgehead atoms. The van der Waals surface area contributed by atoms with E-state index in [1.807, 2.05) is 0 Å². The highest BCUT2D eigenvalue weighted by atomic mass is 16.2. The zero-order valence-electron chi connectivity index (χ0n) is 10.6. The molecular formula is C13H20N4O. The lowest BCUT2D eigenvalue weighted by Crippen LogP contribution is -2.42. The number of nitrogens with one attached hydrogen (secondary N) is 2. The van der Waals surface area contributed by atoms with E-state index in [9.17, 15) is 4.79 Å². The van der Waals surface area contributed by atoms with Gasteiger partial charge in [-0.2, -0.15) is 5.10 Å². The van der Waals surface area contributed by atoms with Crippen LogP contribution in [0, 0.1) is 5.92 Å². The van der Waals surface area contributed by atoms with Crippen LogP contribution in [0.5, 0.6) is 0 Å². The molecule has 1 aliphatic heterocycles. The quantitative estimate of drug-likeness (QED) is 0.836. The Balaban J connectivity index is 1.66. The number of amides is 1. The first-order valence-electron chi connectivity index (χ1n) is 6.85. The number of aromatic nitrogens is 2. The molecule has 18 heavy (non-hydrogen) atoms. The zero-order valence-corrected chi connectivity index (χ0v) is 10.6. The van der Waals surface area contributed by atoms with Gasteiger partial charge in [0, 0.05) is 18.8 Å². The van der Waals surface area contributed by atoms with Crippen LogP contribution >= 0.6 is 0 Å². The van der Waals surface area contributed by atoms with Crippen molar-refractivity contribution in [2.45, 2.75) is 31.7 Å². The third-order valence-electron chi connectivity index (χ3n) is 3.85. The lowest BCUT2D eigenvalue weighted by atomic mass is 9.99. The summed E-state index contributed by atoms with van der Waals surface area (Å²) in [5.41, 5.74) is 0.686. The summed E-state index contributed by atoms with van der Waals surface area (Å²) in [4.78, 5) is 14.5. The number of rotatable bonds is 4. The average Bonchev–Trinajstić information content (AvgIpc) is 3.10. The normalized spacial score (nSPS) is 23.9. The molecule has 0 spiro atoms. The monoisotopic (exact) mass is 248 g/mol. The van der Waals surface area contributed by atoms with Crippen molar-refractivity contribution in [2.75, 3.05) is 19.6 Å². The predicted molar refractivity (Wildman–Crippen MR) is 68.2 cm³/mol. The molecule has 5 nitrogen and oxygen atoms in total. The number of H-pyrrole nitrogens is 1. The molecule has 2 aliphatic rings. The van der Waals surface area contributed by atoms with Gasteiger partial charge in [0.05, 0.1) is 11.8 Å². The fourth-order valence-electron chi connectivity index (χ4n) is 2.68. The van der Waals surface area contributed by atoms with Crippen LogP contribution in [0.1, 0.15) is 36.0 Å². The van der Waals surface area contributed by atoms with Crippen molar-refractivity contribution in [1.29, 1.82) is 0 Å². The van der Waals surface area contributed by atoms with Gasteiger partial charge < -0.3 is 10.2 Å². The molecule has 3 rings (SSSR count). The Morgan fingerprint density at radius 2 is 2.33 bits per heavy atom. The first-order chi connectivity index (χ1) is 8.84. The second-order valence-corrected chi connectivity index (χ2v) is 5.39. The maximum absolute atomic E-state index is 12.4. The number of nitrogens with zero attached hydrogens (tertiary/aromatic N) is 2. The summed E-state index contributed by atoms with van der Waals surface area (Å²) < 4.78 is 0. The topological polar surface area (TPSA) is 61.0 Å². The Labute approximate surface area is 107 Å². The van der Waals surface area contributed by atoms with Crippen LogP contribution in [0.15, 0.2) is 12.4 Å². The second-order valence-electron chi connectivity index (χ2n) is 5.39. The molecule has 1 saturated carbocycles. The van der Waals surface area contributed by atoms with Crippen LogP contribution in [-0.2, 0) is 0 Å². The van der Waals surface area contributed by atoms with E-state index in [4.69, 9.17) is 0 Å². The van der Waals surface area contributed by atoms with E-state index in [-0.39, 0.29) is 5.91 Å². The molecule has 1 saturated heterocycles. The SMILES string of the molecule is O=C(c1cn[nH]c1)N(CC1CCCNC1)C1CC1. The minimum absolute atomic E-state index is 0.136. The maximum atomic E-state index is 12.4. The molecule has 2 fully saturated rings. The van der Waals surface area contributed by atoms with E-state index in [0.29, 0.717) is 17.5 Å². The van der Waals surface area contributed by atoms with Gasteiger partial charge in [0.2, 0.25) is 0 Å². The summed E-state index contributed by atoms with van der Waals surface area (Å²) >= 11 is 0. The van der Waals surface area contributed by atoms with E-state index in [1.54, 1.807) is 12.4 Å². The number of piperidine rings is 1. The average molecular weight is 248 g/mol. The van der Waals surface area contributed by atoms with Crippen LogP contribution in [0.4, 0.5) is 0 Å². The Kier molecular flexibility index (Phi) is 3.32. The minimum Gasteiger partial charge on any atom is -0.335 e. The molecule has 1 aromatic heterocycles. The number of carbonyl (C=O) groups is 1. The number of hydrogen-bond donors (Lipinski definition) is 2. The van der Waals surface area contributed by atoms with Gasteiger partial charge in [-0.05, 0) is 44.7 Å². The molecule has 1 amide bonds. The van der Waals surface area contributed by atoms with Crippen LogP contribution in [-0.4, -0.2) is 46.7 Å². The minimum atomic E-state index is 0.136. The highest BCUT2D eigenvalue weighted by Gasteiger charge is 2.34. The molecular weight excluding hydrogens is 228 g/mol. The first-order valence-corrected chi connectivity index (χ1v) is 6.85. The highest BCUT2D eigenvalue weighted by Crippen LogP contribution is 2.29. The summed E-state index contributed by atoms with van der Waals surface area (Å²) in [5.74, 6) is 0.743. The molecule has 2 N–H and O–H groups in total. The molecule has 1 aliphatic carbocycles. The van der Waals surface area contributed by atoms with E-state index in [2.05, 4.69) is 20.4 Å². The van der Waals surface area contributed by atoms with Crippen LogP contribution < -0.4 is 5.32 Å². The fraction of sp³-hybridized carbons (Fsp3) is 0.692. The fourth-order valence-corrected chi connectivity index (χ4v) is 2.68. The Morgan fingerprint density at radius 3 is 2.94 bits per heavy atom. The van der Waals surface area contributed by atoms with Crippen molar-refractivity contribution in [3.63, 3.8) is 0 Å². The Morgan fingerprint density at radius 1 is 1.44 bits per heavy atom. The van der Waals surface area contributed by atoms with Crippen molar-refractivity contribution in [3.05, 3.63) is 18.0 Å². The van der Waals surface area contributed by atoms with Crippen molar-refractivity contribution >= 4 is 5.91 Å². The predicted octanol–water partition coefficient (Wildman–Crippen LogP) is 1.01. The summed E-state index contributed by atoms with van der Waals surface area (Å²) in [5, 5.41) is 10.0. The highest BCUT2D eigenvalue weighted by molar-refractivity contribution is 5.94. The van der Waals surface area contributed by atoms with Gasteiger partial charge in [-0.15, -0.1) is 0 Å². The standard InChI is InChI=1S/C13H20N4O/c18-13(11-7-15-16-8-11)17(12-3-4-12)9-10-2-1-5-14-6-10/h7-8,10,12,14H,1-6,9H2,(H,15,16). The number of hydrogen-bond acceptors (Lipinski definition) is 3. The second kappa shape index (κ2) is 5.10. The summed E-state index contributed by atoms with van der Waals surface area (Å²) in [7, 11) is 0. The number of carbonyl (C=O) groups excluding carboxylic acids is 1. The third kappa shape index (κ3) is 2.56. The van der Waals surface area contributed by atoms with E-state index in [1.165, 1.54) is 12.8 Å². The van der Waals surface area contributed by atoms with Crippen LogP contribution in [0.3, 0.4) is 0 Å². The van der Waals surface area contributed by atoms with E-state index in [0.717, 1.165) is 32.5 Å². The molecule has 0 aromatic carbocycles. The van der Waals surface area contributed by atoms with E-state index >= 15 is 0 Å². The van der Waals surface area contributed by atoms with Gasteiger partial charge in [0.25, 0.3) is 5.91 Å². The smallest absolute Gasteiger partial charge is 0.257 e. The van der Waals surface area contributed by atoms with Gasteiger partial charge in [-0.1, -0.05) is 0 Å². The molecule has 1 unspecified atom stereocenters.